The van der Waals surface area contributed by atoms with Crippen molar-refractivity contribution >= 4 is 22.2 Å². The van der Waals surface area contributed by atoms with Crippen LogP contribution in [0.15, 0.2) is 23.6 Å². The fourth-order valence-corrected chi connectivity index (χ4v) is 2.82. The van der Waals surface area contributed by atoms with E-state index in [0.29, 0.717) is 17.7 Å². The van der Waals surface area contributed by atoms with E-state index in [4.69, 9.17) is 4.74 Å². The van der Waals surface area contributed by atoms with Crippen molar-refractivity contribution in [3.63, 3.8) is 0 Å². The van der Waals surface area contributed by atoms with E-state index in [-0.39, 0.29) is 6.54 Å². The lowest BCUT2D eigenvalue weighted by molar-refractivity contribution is 0.0523. The first kappa shape index (κ1) is 22.1. The predicted molar refractivity (Wildman–Crippen MR) is 100 cm³/mol. The Morgan fingerprint density at radius 3 is 2.62 bits per heavy atom. The number of alkyl carbamates (subject to hydrolysis) is 1. The van der Waals surface area contributed by atoms with Crippen molar-refractivity contribution in [1.29, 1.82) is 0 Å². The lowest BCUT2D eigenvalue weighted by atomic mass is 10.1. The standard InChI is InChI=1S/C18H27FN2O4S/c1-5-6-10-21-26(23,24)11-9-14-7-8-16(19)12-15(14)13-20-17(22)25-18(2,3)4/h7-9,11-12,21H,5-6,10,13H2,1-4H3,(H,20,22)/b11-9+. The van der Waals surface area contributed by atoms with Crippen LogP contribution in [0, 0.1) is 5.82 Å². The Bertz CT molecular complexity index is 740. The molecule has 0 heterocycles. The number of carbonyl (C=O) groups excluding carboxylic acids is 1. The van der Waals surface area contributed by atoms with Crippen molar-refractivity contribution < 1.29 is 22.3 Å². The maximum absolute atomic E-state index is 13.5. The molecule has 0 fully saturated rings. The molecule has 2 N–H and O–H groups in total. The number of benzene rings is 1. The predicted octanol–water partition coefficient (Wildman–Crippen LogP) is 3.54. The van der Waals surface area contributed by atoms with Gasteiger partial charge in [-0.2, -0.15) is 0 Å². The van der Waals surface area contributed by atoms with E-state index < -0.39 is 27.5 Å². The molecule has 0 atom stereocenters. The third-order valence-electron chi connectivity index (χ3n) is 3.19. The first-order valence-electron chi connectivity index (χ1n) is 8.45. The summed E-state index contributed by atoms with van der Waals surface area (Å²) in [6, 6.07) is 3.93. The van der Waals surface area contributed by atoms with Gasteiger partial charge in [-0.25, -0.2) is 22.3 Å². The maximum Gasteiger partial charge on any atom is 0.407 e. The topological polar surface area (TPSA) is 84.5 Å². The van der Waals surface area contributed by atoms with Gasteiger partial charge >= 0.3 is 6.09 Å². The normalized spacial score (nSPS) is 12.3. The average molecular weight is 386 g/mol. The van der Waals surface area contributed by atoms with E-state index in [1.165, 1.54) is 24.3 Å². The molecule has 0 aromatic heterocycles. The van der Waals surface area contributed by atoms with Gasteiger partial charge in [0.05, 0.1) is 0 Å². The van der Waals surface area contributed by atoms with E-state index in [1.807, 2.05) is 6.92 Å². The second-order valence-electron chi connectivity index (χ2n) is 6.79. The van der Waals surface area contributed by atoms with Crippen LogP contribution in [0.3, 0.4) is 0 Å². The van der Waals surface area contributed by atoms with E-state index in [9.17, 15) is 17.6 Å². The number of ether oxygens (including phenoxy) is 1. The van der Waals surface area contributed by atoms with E-state index in [2.05, 4.69) is 10.0 Å². The molecule has 0 radical (unpaired) electrons. The third-order valence-corrected chi connectivity index (χ3v) is 4.29. The molecular formula is C18H27FN2O4S. The molecule has 1 aromatic rings. The summed E-state index contributed by atoms with van der Waals surface area (Å²) in [5.41, 5.74) is 0.284. The number of amides is 1. The molecule has 0 aliphatic heterocycles. The highest BCUT2D eigenvalue weighted by Gasteiger charge is 2.16. The van der Waals surface area contributed by atoms with Gasteiger partial charge < -0.3 is 10.1 Å². The number of halogens is 1. The van der Waals surface area contributed by atoms with Gasteiger partial charge in [-0.1, -0.05) is 19.4 Å². The Morgan fingerprint density at radius 2 is 2.00 bits per heavy atom. The summed E-state index contributed by atoms with van der Waals surface area (Å²) in [4.78, 5) is 11.7. The zero-order valence-corrected chi connectivity index (χ0v) is 16.5. The molecule has 6 nitrogen and oxygen atoms in total. The first-order valence-corrected chi connectivity index (χ1v) is 10.00. The zero-order valence-electron chi connectivity index (χ0n) is 15.6. The number of hydrogen-bond donors (Lipinski definition) is 2. The Kier molecular flexibility index (Phi) is 8.23. The minimum absolute atomic E-state index is 0.00958. The van der Waals surface area contributed by atoms with Crippen molar-refractivity contribution in [1.82, 2.24) is 10.0 Å². The SMILES string of the molecule is CCCCNS(=O)(=O)/C=C/c1ccc(F)cc1CNC(=O)OC(C)(C)C. The Labute approximate surface area is 154 Å². The second kappa shape index (κ2) is 9.68. The number of unbranched alkanes of at least 4 members (excludes halogenated alkanes) is 1. The Balaban J connectivity index is 2.84. The van der Waals surface area contributed by atoms with Crippen LogP contribution in [-0.4, -0.2) is 26.7 Å². The second-order valence-corrected chi connectivity index (χ2v) is 8.45. The molecule has 0 bridgehead atoms. The molecule has 1 amide bonds. The van der Waals surface area contributed by atoms with Crippen molar-refractivity contribution in [2.45, 2.75) is 52.7 Å². The monoisotopic (exact) mass is 386 g/mol. The van der Waals surface area contributed by atoms with E-state index in [1.54, 1.807) is 20.8 Å². The summed E-state index contributed by atoms with van der Waals surface area (Å²) in [5.74, 6) is -0.480. The molecule has 0 unspecified atom stereocenters. The molecule has 0 aliphatic rings. The summed E-state index contributed by atoms with van der Waals surface area (Å²) < 4.78 is 44.9. The molecule has 0 saturated heterocycles. The maximum atomic E-state index is 13.5. The van der Waals surface area contributed by atoms with Crippen LogP contribution in [0.2, 0.25) is 0 Å². The van der Waals surface area contributed by atoms with Crippen LogP contribution in [-0.2, 0) is 21.3 Å². The summed E-state index contributed by atoms with van der Waals surface area (Å²) in [7, 11) is -3.57. The molecule has 0 spiro atoms. The van der Waals surface area contributed by atoms with Crippen LogP contribution in [0.5, 0.6) is 0 Å². The van der Waals surface area contributed by atoms with Crippen LogP contribution in [0.25, 0.3) is 6.08 Å². The van der Waals surface area contributed by atoms with Crippen molar-refractivity contribution in [3.8, 4) is 0 Å². The molecule has 146 valence electrons. The number of rotatable bonds is 8. The largest absolute Gasteiger partial charge is 0.444 e. The summed E-state index contributed by atoms with van der Waals surface area (Å²) in [6.45, 7) is 7.54. The lowest BCUT2D eigenvalue weighted by Gasteiger charge is -2.20. The number of sulfonamides is 1. The Hall–Kier alpha value is -1.93. The highest BCUT2D eigenvalue weighted by Crippen LogP contribution is 2.14. The van der Waals surface area contributed by atoms with Gasteiger partial charge in [0.2, 0.25) is 10.0 Å². The van der Waals surface area contributed by atoms with Crippen LogP contribution in [0.4, 0.5) is 9.18 Å². The van der Waals surface area contributed by atoms with Gasteiger partial charge in [-0.15, -0.1) is 0 Å². The zero-order chi connectivity index (χ0) is 19.8. The molecule has 8 heteroatoms. The molecule has 1 aromatic carbocycles. The first-order chi connectivity index (χ1) is 12.0. The highest BCUT2D eigenvalue weighted by molar-refractivity contribution is 7.92. The minimum atomic E-state index is -3.57. The molecule has 26 heavy (non-hydrogen) atoms. The summed E-state index contributed by atoms with van der Waals surface area (Å²) >= 11 is 0. The smallest absolute Gasteiger partial charge is 0.407 e. The molecular weight excluding hydrogens is 359 g/mol. The van der Waals surface area contributed by atoms with Gasteiger partial charge in [0.25, 0.3) is 0 Å². The van der Waals surface area contributed by atoms with E-state index in [0.717, 1.165) is 18.2 Å². The van der Waals surface area contributed by atoms with Crippen molar-refractivity contribution in [2.75, 3.05) is 6.54 Å². The van der Waals surface area contributed by atoms with Gasteiger partial charge in [0, 0.05) is 18.5 Å². The molecule has 1 rings (SSSR count). The van der Waals surface area contributed by atoms with Gasteiger partial charge in [-0.05, 0) is 56.5 Å². The third kappa shape index (κ3) is 8.96. The van der Waals surface area contributed by atoms with Gasteiger partial charge in [0.1, 0.15) is 11.4 Å². The van der Waals surface area contributed by atoms with E-state index >= 15 is 0 Å². The minimum Gasteiger partial charge on any atom is -0.444 e. The van der Waals surface area contributed by atoms with Crippen LogP contribution >= 0.6 is 0 Å². The van der Waals surface area contributed by atoms with Crippen molar-refractivity contribution in [2.24, 2.45) is 0 Å². The lowest BCUT2D eigenvalue weighted by Crippen LogP contribution is -2.32. The van der Waals surface area contributed by atoms with Crippen LogP contribution in [0.1, 0.15) is 51.7 Å². The summed E-state index contributed by atoms with van der Waals surface area (Å²) in [5, 5.41) is 3.57. The Morgan fingerprint density at radius 1 is 1.31 bits per heavy atom. The number of nitrogens with one attached hydrogen (secondary N) is 2. The fraction of sp³-hybridized carbons (Fsp3) is 0.500. The molecule has 0 aliphatic carbocycles. The van der Waals surface area contributed by atoms with Crippen molar-refractivity contribution in [3.05, 3.63) is 40.6 Å². The average Bonchev–Trinajstić information content (AvgIpc) is 2.50. The summed E-state index contributed by atoms with van der Waals surface area (Å²) in [6.07, 6.45) is 2.37. The number of carbonyl (C=O) groups is 1. The number of hydrogen-bond acceptors (Lipinski definition) is 4. The highest BCUT2D eigenvalue weighted by atomic mass is 32.2. The van der Waals surface area contributed by atoms with Crippen LogP contribution < -0.4 is 10.0 Å². The van der Waals surface area contributed by atoms with Gasteiger partial charge in [0.15, 0.2) is 0 Å². The fourth-order valence-electron chi connectivity index (χ4n) is 1.97. The quantitative estimate of drug-likeness (QED) is 0.669. The van der Waals surface area contributed by atoms with Gasteiger partial charge in [-0.3, -0.25) is 0 Å². The molecule has 0 saturated carbocycles.